The summed E-state index contributed by atoms with van der Waals surface area (Å²) in [5, 5.41) is 3.97. The zero-order chi connectivity index (χ0) is 26.4. The summed E-state index contributed by atoms with van der Waals surface area (Å²) in [6.07, 6.45) is 0.0110. The van der Waals surface area contributed by atoms with Crippen LogP contribution in [0.15, 0.2) is 66.7 Å². The van der Waals surface area contributed by atoms with E-state index in [2.05, 4.69) is 35.8 Å². The van der Waals surface area contributed by atoms with E-state index in [1.807, 2.05) is 36.4 Å². The van der Waals surface area contributed by atoms with Crippen LogP contribution in [-0.2, 0) is 32.1 Å². The lowest BCUT2D eigenvalue weighted by Crippen LogP contribution is -2.45. The number of hydrazine groups is 1. The molecule has 2 unspecified atom stereocenters. The Morgan fingerprint density at radius 1 is 1.00 bits per heavy atom. The lowest BCUT2D eigenvalue weighted by Gasteiger charge is -2.37. The van der Waals surface area contributed by atoms with Crippen molar-refractivity contribution in [2.75, 3.05) is 13.1 Å². The molecule has 1 fully saturated rings. The molecule has 3 aromatic carbocycles. The van der Waals surface area contributed by atoms with Crippen molar-refractivity contribution in [3.05, 3.63) is 83.4 Å². The third-order valence-electron chi connectivity index (χ3n) is 6.33. The number of piperidine rings is 1. The van der Waals surface area contributed by atoms with Crippen LogP contribution in [0.1, 0.15) is 49.8 Å². The normalized spacial score (nSPS) is 18.4. The number of amides is 1. The second-order valence-corrected chi connectivity index (χ2v) is 10.4. The van der Waals surface area contributed by atoms with Crippen LogP contribution >= 0.6 is 0 Å². The van der Waals surface area contributed by atoms with Crippen molar-refractivity contribution in [1.82, 2.24) is 10.5 Å². The molecular weight excluding hydrogens is 470 g/mol. The molecule has 8 heteroatoms. The standard InChI is InChI=1S/C29H35N3O5/c1-29(2,3)36-28(34)37-32-15-14-25(23-12-8-20(9-13-23)17-27(33)31-30)26(18-32)35-19-21-10-11-22-6-4-5-7-24(22)16-21/h4-13,16,25-26H,14-15,17-19,30H2,1-3H3,(H,31,33). The van der Waals surface area contributed by atoms with Crippen molar-refractivity contribution < 1.29 is 23.9 Å². The van der Waals surface area contributed by atoms with Crippen LogP contribution in [0.4, 0.5) is 4.79 Å². The highest BCUT2D eigenvalue weighted by Crippen LogP contribution is 2.32. The van der Waals surface area contributed by atoms with E-state index in [0.29, 0.717) is 19.7 Å². The largest absolute Gasteiger partial charge is 0.528 e. The number of hydroxylamine groups is 2. The second-order valence-electron chi connectivity index (χ2n) is 10.4. The van der Waals surface area contributed by atoms with Gasteiger partial charge < -0.3 is 14.3 Å². The van der Waals surface area contributed by atoms with Gasteiger partial charge in [0.1, 0.15) is 5.60 Å². The Kier molecular flexibility index (Phi) is 8.43. The number of benzene rings is 3. The third-order valence-corrected chi connectivity index (χ3v) is 6.33. The molecule has 1 aliphatic heterocycles. The summed E-state index contributed by atoms with van der Waals surface area (Å²) in [5.74, 6) is 5.07. The van der Waals surface area contributed by atoms with Crippen LogP contribution in [-0.4, -0.2) is 41.9 Å². The molecule has 37 heavy (non-hydrogen) atoms. The summed E-state index contributed by atoms with van der Waals surface area (Å²) < 4.78 is 11.8. The lowest BCUT2D eigenvalue weighted by atomic mass is 9.87. The van der Waals surface area contributed by atoms with Gasteiger partial charge in [0.15, 0.2) is 0 Å². The predicted molar refractivity (Wildman–Crippen MR) is 141 cm³/mol. The van der Waals surface area contributed by atoms with E-state index in [1.165, 1.54) is 5.39 Å². The van der Waals surface area contributed by atoms with Gasteiger partial charge >= 0.3 is 6.16 Å². The Balaban J connectivity index is 1.48. The molecule has 0 radical (unpaired) electrons. The van der Waals surface area contributed by atoms with E-state index < -0.39 is 11.8 Å². The average molecular weight is 506 g/mol. The van der Waals surface area contributed by atoms with Crippen LogP contribution in [0, 0.1) is 0 Å². The van der Waals surface area contributed by atoms with E-state index in [-0.39, 0.29) is 24.3 Å². The number of rotatable bonds is 7. The highest BCUT2D eigenvalue weighted by atomic mass is 16.8. The topological polar surface area (TPSA) is 103 Å². The summed E-state index contributed by atoms with van der Waals surface area (Å²) in [4.78, 5) is 29.4. The first-order valence-electron chi connectivity index (χ1n) is 12.5. The van der Waals surface area contributed by atoms with Crippen LogP contribution in [0.25, 0.3) is 10.8 Å². The second kappa shape index (κ2) is 11.7. The number of carbonyl (C=O) groups is 2. The van der Waals surface area contributed by atoms with Crippen molar-refractivity contribution in [3.8, 4) is 0 Å². The number of nitrogens with zero attached hydrogens (tertiary/aromatic N) is 1. The van der Waals surface area contributed by atoms with Gasteiger partial charge in [0.05, 0.1) is 25.7 Å². The number of nitrogens with two attached hydrogens (primary N) is 1. The molecule has 1 amide bonds. The number of carbonyl (C=O) groups excluding carboxylic acids is 2. The molecule has 196 valence electrons. The van der Waals surface area contributed by atoms with Crippen molar-refractivity contribution in [2.24, 2.45) is 5.84 Å². The monoisotopic (exact) mass is 505 g/mol. The molecule has 0 bridgehead atoms. The summed E-state index contributed by atoms with van der Waals surface area (Å²) in [6, 6.07) is 22.5. The van der Waals surface area contributed by atoms with Crippen molar-refractivity contribution in [1.29, 1.82) is 0 Å². The summed E-state index contributed by atoms with van der Waals surface area (Å²) in [5.41, 5.74) is 4.59. The number of hydrogen-bond acceptors (Lipinski definition) is 7. The summed E-state index contributed by atoms with van der Waals surface area (Å²) in [7, 11) is 0. The van der Waals surface area contributed by atoms with Gasteiger partial charge in [0.25, 0.3) is 0 Å². The fourth-order valence-electron chi connectivity index (χ4n) is 4.55. The minimum absolute atomic E-state index is 0.0938. The van der Waals surface area contributed by atoms with Crippen LogP contribution < -0.4 is 11.3 Å². The third kappa shape index (κ3) is 7.52. The van der Waals surface area contributed by atoms with Gasteiger partial charge in [-0.05, 0) is 60.7 Å². The Bertz CT molecular complexity index is 1220. The Morgan fingerprint density at radius 3 is 2.41 bits per heavy atom. The zero-order valence-corrected chi connectivity index (χ0v) is 21.6. The van der Waals surface area contributed by atoms with E-state index in [4.69, 9.17) is 20.2 Å². The first kappa shape index (κ1) is 26.6. The van der Waals surface area contributed by atoms with Gasteiger partial charge in [-0.2, -0.15) is 0 Å². The molecule has 1 aliphatic rings. The molecule has 1 saturated heterocycles. The molecule has 8 nitrogen and oxygen atoms in total. The Morgan fingerprint density at radius 2 is 1.70 bits per heavy atom. The maximum Gasteiger partial charge on any atom is 0.528 e. The van der Waals surface area contributed by atoms with E-state index in [0.717, 1.165) is 28.5 Å². The highest BCUT2D eigenvalue weighted by Gasteiger charge is 2.34. The number of hydrogen-bond donors (Lipinski definition) is 2. The summed E-state index contributed by atoms with van der Waals surface area (Å²) >= 11 is 0. The SMILES string of the molecule is CC(C)(C)OC(=O)ON1CCC(c2ccc(CC(=O)NN)cc2)C(OCc2ccc3ccccc3c2)C1. The summed E-state index contributed by atoms with van der Waals surface area (Å²) in [6.45, 7) is 6.80. The molecule has 3 N–H and O–H groups in total. The first-order chi connectivity index (χ1) is 17.7. The van der Waals surface area contributed by atoms with Crippen molar-refractivity contribution in [3.63, 3.8) is 0 Å². The minimum Gasteiger partial charge on any atom is -0.427 e. The van der Waals surface area contributed by atoms with Crippen LogP contribution in [0.2, 0.25) is 0 Å². The quantitative estimate of drug-likeness (QED) is 0.209. The predicted octanol–water partition coefficient (Wildman–Crippen LogP) is 4.61. The highest BCUT2D eigenvalue weighted by molar-refractivity contribution is 5.83. The van der Waals surface area contributed by atoms with Crippen molar-refractivity contribution in [2.45, 2.75) is 57.8 Å². The molecule has 0 saturated carbocycles. The van der Waals surface area contributed by atoms with E-state index in [1.54, 1.807) is 25.8 Å². The molecule has 4 rings (SSSR count). The molecule has 0 aliphatic carbocycles. The fourth-order valence-corrected chi connectivity index (χ4v) is 4.55. The Labute approximate surface area is 217 Å². The average Bonchev–Trinajstić information content (AvgIpc) is 2.87. The smallest absolute Gasteiger partial charge is 0.427 e. The number of ether oxygens (including phenoxy) is 2. The van der Waals surface area contributed by atoms with Gasteiger partial charge in [-0.25, -0.2) is 10.6 Å². The zero-order valence-electron chi connectivity index (χ0n) is 21.6. The fraction of sp³-hybridized carbons (Fsp3) is 0.379. The van der Waals surface area contributed by atoms with E-state index >= 15 is 0 Å². The Hall–Kier alpha value is -3.46. The number of nitrogens with one attached hydrogen (secondary N) is 1. The minimum atomic E-state index is -0.721. The molecule has 3 aromatic rings. The van der Waals surface area contributed by atoms with E-state index in [9.17, 15) is 9.59 Å². The molecule has 2 atom stereocenters. The van der Waals surface area contributed by atoms with Crippen LogP contribution in [0.3, 0.4) is 0 Å². The molecule has 0 aromatic heterocycles. The lowest BCUT2D eigenvalue weighted by molar-refractivity contribution is -0.179. The molecule has 1 heterocycles. The first-order valence-corrected chi connectivity index (χ1v) is 12.5. The molecule has 0 spiro atoms. The number of fused-ring (bicyclic) bond motifs is 1. The maximum absolute atomic E-state index is 12.3. The molecular formula is C29H35N3O5. The van der Waals surface area contributed by atoms with Gasteiger partial charge in [0, 0.05) is 12.5 Å². The van der Waals surface area contributed by atoms with Crippen molar-refractivity contribution >= 4 is 22.8 Å². The maximum atomic E-state index is 12.3. The van der Waals surface area contributed by atoms with Gasteiger partial charge in [-0.1, -0.05) is 60.7 Å². The van der Waals surface area contributed by atoms with Crippen LogP contribution in [0.5, 0.6) is 0 Å². The van der Waals surface area contributed by atoms with Gasteiger partial charge in [-0.15, -0.1) is 5.06 Å². The van der Waals surface area contributed by atoms with Gasteiger partial charge in [0.2, 0.25) is 5.91 Å². The van der Waals surface area contributed by atoms with Gasteiger partial charge in [-0.3, -0.25) is 10.2 Å².